The minimum atomic E-state index is 0.214. The second kappa shape index (κ2) is 5.39. The summed E-state index contributed by atoms with van der Waals surface area (Å²) in [6.45, 7) is 6.12. The summed E-state index contributed by atoms with van der Waals surface area (Å²) >= 11 is 0. The van der Waals surface area contributed by atoms with Gasteiger partial charge in [-0.25, -0.2) is 0 Å². The molecule has 0 radical (unpaired) electrons. The van der Waals surface area contributed by atoms with Gasteiger partial charge in [0.15, 0.2) is 5.96 Å². The first-order valence-corrected chi connectivity index (χ1v) is 5.31. The van der Waals surface area contributed by atoms with Gasteiger partial charge >= 0.3 is 0 Å². The Bertz CT molecular complexity index is 342. The Morgan fingerprint density at radius 2 is 2.07 bits per heavy atom. The molecule has 3 N–H and O–H groups in total. The van der Waals surface area contributed by atoms with Crippen LogP contribution in [0, 0.1) is 0 Å². The molecule has 0 amide bonds. The summed E-state index contributed by atoms with van der Waals surface area (Å²) in [5, 5.41) is 3.12. The first-order valence-electron chi connectivity index (χ1n) is 5.31. The van der Waals surface area contributed by atoms with E-state index in [2.05, 4.69) is 23.3 Å². The Hall–Kier alpha value is -1.51. The largest absolute Gasteiger partial charge is 0.370 e. The highest BCUT2D eigenvalue weighted by Crippen LogP contribution is 2.14. The highest BCUT2D eigenvalue weighted by Gasteiger charge is 2.00. The Morgan fingerprint density at radius 3 is 2.67 bits per heavy atom. The third-order valence-corrected chi connectivity index (χ3v) is 2.06. The number of aryl methyl sites for hydroxylation is 1. The van der Waals surface area contributed by atoms with Crippen LogP contribution in [-0.2, 0) is 6.42 Å². The summed E-state index contributed by atoms with van der Waals surface area (Å²) in [7, 11) is 0. The summed E-state index contributed by atoms with van der Waals surface area (Å²) in [5.74, 6) is 0.478. The van der Waals surface area contributed by atoms with E-state index in [0.717, 1.165) is 12.1 Å². The molecule has 0 aliphatic carbocycles. The summed E-state index contributed by atoms with van der Waals surface area (Å²) in [6.07, 6.45) is 0.984. The highest BCUT2D eigenvalue weighted by atomic mass is 15.1. The summed E-state index contributed by atoms with van der Waals surface area (Å²) in [5.41, 5.74) is 8.06. The number of para-hydroxylation sites is 1. The maximum Gasteiger partial charge on any atom is 0.193 e. The van der Waals surface area contributed by atoms with Gasteiger partial charge in [0.1, 0.15) is 0 Å². The lowest BCUT2D eigenvalue weighted by Crippen LogP contribution is -2.24. The standard InChI is InChI=1S/C12H19N3/c1-4-10-7-5-6-8-11(10)15-12(13)14-9(2)3/h5-9H,4H2,1-3H3,(H3,13,14,15). The third-order valence-electron chi connectivity index (χ3n) is 2.06. The van der Waals surface area contributed by atoms with Gasteiger partial charge in [-0.1, -0.05) is 25.1 Å². The van der Waals surface area contributed by atoms with Crippen LogP contribution in [0.5, 0.6) is 0 Å². The van der Waals surface area contributed by atoms with Crippen molar-refractivity contribution in [1.82, 2.24) is 0 Å². The van der Waals surface area contributed by atoms with E-state index in [1.165, 1.54) is 5.56 Å². The molecular weight excluding hydrogens is 186 g/mol. The van der Waals surface area contributed by atoms with Crippen molar-refractivity contribution in [3.8, 4) is 0 Å². The van der Waals surface area contributed by atoms with Gasteiger partial charge in [0.2, 0.25) is 0 Å². The predicted octanol–water partition coefficient (Wildman–Crippen LogP) is 2.38. The first-order chi connectivity index (χ1) is 7.13. The number of nitrogens with zero attached hydrogens (tertiary/aromatic N) is 1. The molecule has 0 heterocycles. The van der Waals surface area contributed by atoms with E-state index in [4.69, 9.17) is 5.73 Å². The Kier molecular flexibility index (Phi) is 4.16. The molecule has 0 saturated carbocycles. The average Bonchev–Trinajstić information content (AvgIpc) is 2.17. The maximum absolute atomic E-state index is 5.77. The van der Waals surface area contributed by atoms with Crippen molar-refractivity contribution in [1.29, 1.82) is 0 Å². The number of hydrogen-bond donors (Lipinski definition) is 2. The van der Waals surface area contributed by atoms with Gasteiger partial charge in [0.25, 0.3) is 0 Å². The van der Waals surface area contributed by atoms with Crippen molar-refractivity contribution in [3.05, 3.63) is 29.8 Å². The minimum Gasteiger partial charge on any atom is -0.370 e. The van der Waals surface area contributed by atoms with Gasteiger partial charge in [-0.2, -0.15) is 0 Å². The van der Waals surface area contributed by atoms with Crippen LogP contribution < -0.4 is 11.1 Å². The molecule has 15 heavy (non-hydrogen) atoms. The van der Waals surface area contributed by atoms with Crippen LogP contribution in [-0.4, -0.2) is 12.0 Å². The van der Waals surface area contributed by atoms with Crippen LogP contribution >= 0.6 is 0 Å². The van der Waals surface area contributed by atoms with Crippen molar-refractivity contribution >= 4 is 11.6 Å². The van der Waals surface area contributed by atoms with Crippen LogP contribution in [0.3, 0.4) is 0 Å². The monoisotopic (exact) mass is 205 g/mol. The molecule has 82 valence electrons. The SMILES string of the molecule is CCc1ccccc1NC(N)=NC(C)C. The number of nitrogens with two attached hydrogens (primary N) is 1. The third kappa shape index (κ3) is 3.62. The van der Waals surface area contributed by atoms with Crippen LogP contribution in [0.2, 0.25) is 0 Å². The summed E-state index contributed by atoms with van der Waals surface area (Å²) in [6, 6.07) is 8.34. The minimum absolute atomic E-state index is 0.214. The average molecular weight is 205 g/mol. The topological polar surface area (TPSA) is 50.4 Å². The molecule has 0 spiro atoms. The van der Waals surface area contributed by atoms with Crippen LogP contribution in [0.4, 0.5) is 5.69 Å². The molecule has 0 atom stereocenters. The van der Waals surface area contributed by atoms with Gasteiger partial charge in [-0.15, -0.1) is 0 Å². The second-order valence-corrected chi connectivity index (χ2v) is 3.74. The number of anilines is 1. The van der Waals surface area contributed by atoms with E-state index in [1.54, 1.807) is 0 Å². The van der Waals surface area contributed by atoms with Gasteiger partial charge in [0, 0.05) is 11.7 Å². The lowest BCUT2D eigenvalue weighted by Gasteiger charge is -2.10. The fourth-order valence-electron chi connectivity index (χ4n) is 1.40. The fourth-order valence-corrected chi connectivity index (χ4v) is 1.40. The van der Waals surface area contributed by atoms with E-state index in [1.807, 2.05) is 32.0 Å². The highest BCUT2D eigenvalue weighted by molar-refractivity contribution is 5.93. The van der Waals surface area contributed by atoms with Crippen molar-refractivity contribution in [2.45, 2.75) is 33.2 Å². The molecular formula is C12H19N3. The van der Waals surface area contributed by atoms with E-state index in [0.29, 0.717) is 5.96 Å². The smallest absolute Gasteiger partial charge is 0.193 e. The predicted molar refractivity (Wildman–Crippen MR) is 66.2 cm³/mol. The van der Waals surface area contributed by atoms with Crippen LogP contribution in [0.25, 0.3) is 0 Å². The lowest BCUT2D eigenvalue weighted by atomic mass is 10.1. The number of nitrogens with one attached hydrogen (secondary N) is 1. The molecule has 1 aromatic rings. The molecule has 3 nitrogen and oxygen atoms in total. The number of hydrogen-bond acceptors (Lipinski definition) is 1. The molecule has 0 saturated heterocycles. The van der Waals surface area contributed by atoms with Gasteiger partial charge in [0.05, 0.1) is 0 Å². The van der Waals surface area contributed by atoms with Crippen molar-refractivity contribution in [2.75, 3.05) is 5.32 Å². The first kappa shape index (κ1) is 11.6. The normalized spacial score (nSPS) is 11.9. The zero-order valence-electron chi connectivity index (χ0n) is 9.62. The number of aliphatic imine (C=N–C) groups is 1. The molecule has 3 heteroatoms. The number of benzene rings is 1. The van der Waals surface area contributed by atoms with Crippen LogP contribution in [0.15, 0.2) is 29.3 Å². The van der Waals surface area contributed by atoms with E-state index in [-0.39, 0.29) is 6.04 Å². The Labute approximate surface area is 91.4 Å². The molecule has 0 aliphatic heterocycles. The molecule has 1 rings (SSSR count). The second-order valence-electron chi connectivity index (χ2n) is 3.74. The Balaban J connectivity index is 2.80. The van der Waals surface area contributed by atoms with E-state index < -0.39 is 0 Å². The van der Waals surface area contributed by atoms with Crippen molar-refractivity contribution < 1.29 is 0 Å². The number of guanidine groups is 1. The van der Waals surface area contributed by atoms with Gasteiger partial charge in [-0.3, -0.25) is 4.99 Å². The van der Waals surface area contributed by atoms with E-state index >= 15 is 0 Å². The van der Waals surface area contributed by atoms with E-state index in [9.17, 15) is 0 Å². The zero-order chi connectivity index (χ0) is 11.3. The maximum atomic E-state index is 5.77. The van der Waals surface area contributed by atoms with Crippen LogP contribution in [0.1, 0.15) is 26.3 Å². The van der Waals surface area contributed by atoms with Gasteiger partial charge in [-0.05, 0) is 31.9 Å². The zero-order valence-corrected chi connectivity index (χ0v) is 9.62. The fraction of sp³-hybridized carbons (Fsp3) is 0.417. The Morgan fingerprint density at radius 1 is 1.40 bits per heavy atom. The summed E-state index contributed by atoms with van der Waals surface area (Å²) in [4.78, 5) is 4.23. The van der Waals surface area contributed by atoms with Crippen molar-refractivity contribution in [2.24, 2.45) is 10.7 Å². The molecule has 1 aromatic carbocycles. The van der Waals surface area contributed by atoms with Gasteiger partial charge < -0.3 is 11.1 Å². The molecule has 0 bridgehead atoms. The molecule has 0 unspecified atom stereocenters. The quantitative estimate of drug-likeness (QED) is 0.588. The molecule has 0 aliphatic rings. The molecule has 0 fully saturated rings. The lowest BCUT2D eigenvalue weighted by molar-refractivity contribution is 0.833. The summed E-state index contributed by atoms with van der Waals surface area (Å²) < 4.78 is 0. The van der Waals surface area contributed by atoms with Crippen molar-refractivity contribution in [3.63, 3.8) is 0 Å². The number of rotatable bonds is 3. The molecule has 0 aromatic heterocycles.